The van der Waals surface area contributed by atoms with Gasteiger partial charge in [-0.3, -0.25) is 4.79 Å². The minimum Gasteiger partial charge on any atom is -0.370 e. The Kier molecular flexibility index (Phi) is 6.22. The molecule has 0 fully saturated rings. The predicted molar refractivity (Wildman–Crippen MR) is 64.4 cm³/mol. The highest BCUT2D eigenvalue weighted by atomic mass is 16.5. The molecule has 16 heavy (non-hydrogen) atoms. The van der Waals surface area contributed by atoms with Crippen LogP contribution in [0.15, 0.2) is 30.3 Å². The third kappa shape index (κ3) is 5.48. The minimum atomic E-state index is -0.123. The molecule has 0 aliphatic rings. The van der Waals surface area contributed by atoms with E-state index in [0.29, 0.717) is 6.61 Å². The second kappa shape index (κ2) is 7.84. The fourth-order valence-electron chi connectivity index (χ4n) is 1.20. The van der Waals surface area contributed by atoms with Crippen LogP contribution >= 0.6 is 0 Å². The number of likely N-dealkylation sites (N-methyl/N-ethyl adjacent to an activating group) is 1. The molecular weight excluding hydrogens is 204 g/mol. The number of para-hydroxylation sites is 1. The van der Waals surface area contributed by atoms with Crippen molar-refractivity contribution in [1.29, 1.82) is 0 Å². The molecule has 0 heterocycles. The van der Waals surface area contributed by atoms with Crippen molar-refractivity contribution in [2.24, 2.45) is 0 Å². The second-order valence-corrected chi connectivity index (χ2v) is 3.32. The molecule has 4 heteroatoms. The first-order chi connectivity index (χ1) is 7.83. The van der Waals surface area contributed by atoms with Gasteiger partial charge in [-0.15, -0.1) is 0 Å². The summed E-state index contributed by atoms with van der Waals surface area (Å²) >= 11 is 0. The maximum Gasteiger partial charge on any atom is 0.250 e. The normalized spacial score (nSPS) is 10.1. The van der Waals surface area contributed by atoms with Crippen LogP contribution in [0.25, 0.3) is 0 Å². The monoisotopic (exact) mass is 222 g/mol. The fourth-order valence-corrected chi connectivity index (χ4v) is 1.20. The molecule has 0 unspecified atom stereocenters. The van der Waals surface area contributed by atoms with Crippen LogP contribution in [0.1, 0.15) is 6.92 Å². The van der Waals surface area contributed by atoms with E-state index in [-0.39, 0.29) is 12.5 Å². The van der Waals surface area contributed by atoms with Crippen LogP contribution in [0.2, 0.25) is 0 Å². The summed E-state index contributed by atoms with van der Waals surface area (Å²) in [6.07, 6.45) is 0. The molecule has 2 N–H and O–H groups in total. The third-order valence-electron chi connectivity index (χ3n) is 1.96. The van der Waals surface area contributed by atoms with Gasteiger partial charge in [-0.2, -0.15) is 0 Å². The molecule has 0 aliphatic heterocycles. The Hall–Kier alpha value is -1.39. The summed E-state index contributed by atoms with van der Waals surface area (Å²) in [6.45, 7) is 4.37. The molecule has 1 aromatic rings. The maximum absolute atomic E-state index is 11.4. The topological polar surface area (TPSA) is 50.4 Å². The van der Waals surface area contributed by atoms with E-state index in [2.05, 4.69) is 10.6 Å². The van der Waals surface area contributed by atoms with Gasteiger partial charge in [-0.1, -0.05) is 25.1 Å². The fraction of sp³-hybridized carbons (Fsp3) is 0.417. The Bertz CT molecular complexity index is 301. The summed E-state index contributed by atoms with van der Waals surface area (Å²) in [6, 6.07) is 9.35. The van der Waals surface area contributed by atoms with Crippen molar-refractivity contribution < 1.29 is 9.53 Å². The van der Waals surface area contributed by atoms with Gasteiger partial charge in [0.2, 0.25) is 5.91 Å². The van der Waals surface area contributed by atoms with Gasteiger partial charge in [0, 0.05) is 12.2 Å². The lowest BCUT2D eigenvalue weighted by Gasteiger charge is -2.06. The van der Waals surface area contributed by atoms with Gasteiger partial charge >= 0.3 is 0 Å². The quantitative estimate of drug-likeness (QED) is 0.683. The maximum atomic E-state index is 11.4. The molecule has 88 valence electrons. The highest BCUT2D eigenvalue weighted by molar-refractivity contribution is 5.91. The van der Waals surface area contributed by atoms with Crippen molar-refractivity contribution >= 4 is 11.6 Å². The number of ether oxygens (including phenoxy) is 1. The molecule has 0 spiro atoms. The van der Waals surface area contributed by atoms with Crippen molar-refractivity contribution in [1.82, 2.24) is 5.32 Å². The number of carbonyl (C=O) groups excluding carboxylic acids is 1. The molecule has 1 amide bonds. The molecule has 1 rings (SSSR count). The summed E-state index contributed by atoms with van der Waals surface area (Å²) in [5.41, 5.74) is 0.794. The van der Waals surface area contributed by atoms with Gasteiger partial charge in [0.15, 0.2) is 0 Å². The van der Waals surface area contributed by atoms with Crippen LogP contribution in [-0.4, -0.2) is 32.2 Å². The molecule has 0 aliphatic carbocycles. The average molecular weight is 222 g/mol. The van der Waals surface area contributed by atoms with Gasteiger partial charge in [0.1, 0.15) is 6.61 Å². The molecule has 0 saturated carbocycles. The SMILES string of the molecule is CCNCCOCC(=O)Nc1ccccc1. The lowest BCUT2D eigenvalue weighted by atomic mass is 10.3. The number of anilines is 1. The lowest BCUT2D eigenvalue weighted by Crippen LogP contribution is -2.23. The summed E-state index contributed by atoms with van der Waals surface area (Å²) in [7, 11) is 0. The summed E-state index contributed by atoms with van der Waals surface area (Å²) in [4.78, 5) is 11.4. The molecule has 0 atom stereocenters. The number of carbonyl (C=O) groups is 1. The van der Waals surface area contributed by atoms with Crippen molar-refractivity contribution in [2.75, 3.05) is 31.6 Å². The van der Waals surface area contributed by atoms with E-state index in [1.165, 1.54) is 0 Å². The summed E-state index contributed by atoms with van der Waals surface area (Å²) in [5.74, 6) is -0.123. The van der Waals surface area contributed by atoms with Crippen LogP contribution in [-0.2, 0) is 9.53 Å². The minimum absolute atomic E-state index is 0.0975. The summed E-state index contributed by atoms with van der Waals surface area (Å²) in [5, 5.41) is 5.86. The van der Waals surface area contributed by atoms with Crippen LogP contribution in [0.5, 0.6) is 0 Å². The van der Waals surface area contributed by atoms with Crippen molar-refractivity contribution in [3.63, 3.8) is 0 Å². The molecule has 4 nitrogen and oxygen atoms in total. The zero-order chi connectivity index (χ0) is 11.6. The number of hydrogen-bond donors (Lipinski definition) is 2. The van der Waals surface area contributed by atoms with E-state index >= 15 is 0 Å². The average Bonchev–Trinajstić information content (AvgIpc) is 2.30. The van der Waals surface area contributed by atoms with Gasteiger partial charge in [0.05, 0.1) is 6.61 Å². The third-order valence-corrected chi connectivity index (χ3v) is 1.96. The van der Waals surface area contributed by atoms with E-state index in [4.69, 9.17) is 4.74 Å². The van der Waals surface area contributed by atoms with Crippen molar-refractivity contribution in [3.05, 3.63) is 30.3 Å². The second-order valence-electron chi connectivity index (χ2n) is 3.32. The van der Waals surface area contributed by atoms with E-state index in [9.17, 15) is 4.79 Å². The number of rotatable bonds is 7. The molecule has 1 aromatic carbocycles. The number of benzene rings is 1. The molecule has 0 radical (unpaired) electrons. The van der Waals surface area contributed by atoms with E-state index in [1.54, 1.807) is 0 Å². The molecule has 0 bridgehead atoms. The van der Waals surface area contributed by atoms with Crippen LogP contribution in [0.4, 0.5) is 5.69 Å². The Balaban J connectivity index is 2.12. The lowest BCUT2D eigenvalue weighted by molar-refractivity contribution is -0.120. The summed E-state index contributed by atoms with van der Waals surface area (Å²) < 4.78 is 5.20. The zero-order valence-electron chi connectivity index (χ0n) is 9.53. The first-order valence-electron chi connectivity index (χ1n) is 5.46. The highest BCUT2D eigenvalue weighted by Gasteiger charge is 2.00. The predicted octanol–water partition coefficient (Wildman–Crippen LogP) is 1.25. The molecular formula is C12H18N2O2. The van der Waals surface area contributed by atoms with E-state index < -0.39 is 0 Å². The Morgan fingerprint density at radius 2 is 2.06 bits per heavy atom. The smallest absolute Gasteiger partial charge is 0.250 e. The highest BCUT2D eigenvalue weighted by Crippen LogP contribution is 2.04. The van der Waals surface area contributed by atoms with E-state index in [0.717, 1.165) is 18.8 Å². The van der Waals surface area contributed by atoms with Crippen LogP contribution < -0.4 is 10.6 Å². The Morgan fingerprint density at radius 1 is 1.31 bits per heavy atom. The van der Waals surface area contributed by atoms with Crippen molar-refractivity contribution in [3.8, 4) is 0 Å². The first kappa shape index (κ1) is 12.7. The van der Waals surface area contributed by atoms with Crippen LogP contribution in [0.3, 0.4) is 0 Å². The van der Waals surface area contributed by atoms with Gasteiger partial charge in [-0.05, 0) is 18.7 Å². The molecule has 0 saturated heterocycles. The van der Waals surface area contributed by atoms with Crippen LogP contribution in [0, 0.1) is 0 Å². The van der Waals surface area contributed by atoms with Gasteiger partial charge in [0.25, 0.3) is 0 Å². The van der Waals surface area contributed by atoms with Gasteiger partial charge in [-0.25, -0.2) is 0 Å². The Morgan fingerprint density at radius 3 is 2.75 bits per heavy atom. The van der Waals surface area contributed by atoms with Gasteiger partial charge < -0.3 is 15.4 Å². The number of nitrogens with one attached hydrogen (secondary N) is 2. The number of hydrogen-bond acceptors (Lipinski definition) is 3. The largest absolute Gasteiger partial charge is 0.370 e. The number of amides is 1. The Labute approximate surface area is 96.0 Å². The molecule has 0 aromatic heterocycles. The first-order valence-corrected chi connectivity index (χ1v) is 5.46. The zero-order valence-corrected chi connectivity index (χ0v) is 9.53. The standard InChI is InChI=1S/C12H18N2O2/c1-2-13-8-9-16-10-12(15)14-11-6-4-3-5-7-11/h3-7,13H,2,8-10H2,1H3,(H,14,15). The van der Waals surface area contributed by atoms with E-state index in [1.807, 2.05) is 37.3 Å². The van der Waals surface area contributed by atoms with Crippen molar-refractivity contribution in [2.45, 2.75) is 6.92 Å².